The molecule has 1 saturated heterocycles. The fourth-order valence-electron chi connectivity index (χ4n) is 3.92. The minimum absolute atomic E-state index is 0.109. The lowest BCUT2D eigenvalue weighted by atomic mass is 9.92. The first-order valence-corrected chi connectivity index (χ1v) is 9.70. The van der Waals surface area contributed by atoms with Crippen LogP contribution in [0.25, 0.3) is 0 Å². The molecule has 0 aliphatic carbocycles. The van der Waals surface area contributed by atoms with E-state index in [1.807, 2.05) is 32.2 Å². The van der Waals surface area contributed by atoms with E-state index >= 15 is 0 Å². The number of nitrogens with zero attached hydrogens (tertiary/aromatic N) is 2. The van der Waals surface area contributed by atoms with Crippen LogP contribution >= 0.6 is 0 Å². The minimum Gasteiger partial charge on any atom is -0.472 e. The summed E-state index contributed by atoms with van der Waals surface area (Å²) in [5.41, 5.74) is 5.84. The van der Waals surface area contributed by atoms with Crippen LogP contribution in [-0.2, 0) is 11.2 Å². The van der Waals surface area contributed by atoms with Crippen molar-refractivity contribution in [3.8, 4) is 5.75 Å². The first-order chi connectivity index (χ1) is 13.5. The molecule has 4 rings (SSSR count). The Bertz CT molecular complexity index is 894. The van der Waals surface area contributed by atoms with Crippen LogP contribution < -0.4 is 4.74 Å². The molecule has 1 N–H and O–H groups in total. The second kappa shape index (κ2) is 7.53. The van der Waals surface area contributed by atoms with Gasteiger partial charge in [0.1, 0.15) is 5.75 Å². The lowest BCUT2D eigenvalue weighted by Gasteiger charge is -2.40. The van der Waals surface area contributed by atoms with Crippen molar-refractivity contribution in [1.29, 1.82) is 0 Å². The SMILES string of the molecule is Cc1ccc(Cc2cc3c(c(C)c2C)OCN([C@H]2COCC[C@@H]2O)C3=O)cn1. The normalized spacial score (nSPS) is 22.0. The smallest absolute Gasteiger partial charge is 0.260 e. The number of carbonyl (C=O) groups excluding carboxylic acids is 1. The quantitative estimate of drug-likeness (QED) is 0.883. The lowest BCUT2D eigenvalue weighted by molar-refractivity contribution is -0.0697. The van der Waals surface area contributed by atoms with Gasteiger partial charge in [0.15, 0.2) is 6.73 Å². The zero-order valence-corrected chi connectivity index (χ0v) is 16.6. The number of pyridine rings is 1. The number of hydrogen-bond donors (Lipinski definition) is 1. The summed E-state index contributed by atoms with van der Waals surface area (Å²) < 4.78 is 11.4. The third-order valence-corrected chi connectivity index (χ3v) is 5.85. The van der Waals surface area contributed by atoms with Gasteiger partial charge in [0.2, 0.25) is 0 Å². The summed E-state index contributed by atoms with van der Waals surface area (Å²) in [6.07, 6.45) is 2.52. The average molecular weight is 382 g/mol. The highest BCUT2D eigenvalue weighted by Gasteiger charge is 2.37. The Morgan fingerprint density at radius 2 is 2.07 bits per heavy atom. The molecular weight excluding hydrogens is 356 g/mol. The Balaban J connectivity index is 1.67. The molecule has 148 valence electrons. The van der Waals surface area contributed by atoms with Crippen LogP contribution in [0.15, 0.2) is 24.4 Å². The Morgan fingerprint density at radius 1 is 1.25 bits per heavy atom. The van der Waals surface area contributed by atoms with Crippen molar-refractivity contribution >= 4 is 5.91 Å². The summed E-state index contributed by atoms with van der Waals surface area (Å²) in [7, 11) is 0. The van der Waals surface area contributed by atoms with Crippen molar-refractivity contribution in [2.45, 2.75) is 45.8 Å². The monoisotopic (exact) mass is 382 g/mol. The van der Waals surface area contributed by atoms with Crippen molar-refractivity contribution < 1.29 is 19.4 Å². The highest BCUT2D eigenvalue weighted by Crippen LogP contribution is 2.35. The molecule has 1 aromatic heterocycles. The van der Waals surface area contributed by atoms with E-state index in [1.54, 1.807) is 4.90 Å². The van der Waals surface area contributed by atoms with Crippen molar-refractivity contribution in [2.75, 3.05) is 19.9 Å². The van der Waals surface area contributed by atoms with Gasteiger partial charge < -0.3 is 14.6 Å². The third kappa shape index (κ3) is 3.38. The van der Waals surface area contributed by atoms with Crippen molar-refractivity contribution in [2.24, 2.45) is 0 Å². The van der Waals surface area contributed by atoms with Gasteiger partial charge in [0.25, 0.3) is 5.91 Å². The Hall–Kier alpha value is -2.44. The largest absolute Gasteiger partial charge is 0.472 e. The number of carbonyl (C=O) groups is 1. The van der Waals surface area contributed by atoms with Gasteiger partial charge in [-0.15, -0.1) is 0 Å². The van der Waals surface area contributed by atoms with Crippen molar-refractivity contribution in [1.82, 2.24) is 9.88 Å². The predicted molar refractivity (Wildman–Crippen MR) is 105 cm³/mol. The molecule has 6 heteroatoms. The molecule has 0 radical (unpaired) electrons. The van der Waals surface area contributed by atoms with Crippen molar-refractivity contribution in [3.63, 3.8) is 0 Å². The molecule has 3 heterocycles. The zero-order chi connectivity index (χ0) is 19.8. The second-order valence-electron chi connectivity index (χ2n) is 7.69. The van der Waals surface area contributed by atoms with Crippen LogP contribution in [0.2, 0.25) is 0 Å². The van der Waals surface area contributed by atoms with Gasteiger partial charge in [0.05, 0.1) is 24.3 Å². The third-order valence-electron chi connectivity index (χ3n) is 5.85. The molecule has 2 aromatic rings. The summed E-state index contributed by atoms with van der Waals surface area (Å²) in [5.74, 6) is 0.540. The highest BCUT2D eigenvalue weighted by atomic mass is 16.5. The molecule has 0 spiro atoms. The number of ether oxygens (including phenoxy) is 2. The van der Waals surface area contributed by atoms with Gasteiger partial charge in [-0.2, -0.15) is 0 Å². The zero-order valence-electron chi connectivity index (χ0n) is 16.6. The molecule has 0 saturated carbocycles. The van der Waals surface area contributed by atoms with E-state index in [9.17, 15) is 9.90 Å². The number of rotatable bonds is 3. The maximum absolute atomic E-state index is 13.2. The summed E-state index contributed by atoms with van der Waals surface area (Å²) in [4.78, 5) is 19.2. The number of aromatic nitrogens is 1. The van der Waals surface area contributed by atoms with Crippen LogP contribution in [0.4, 0.5) is 0 Å². The van der Waals surface area contributed by atoms with Gasteiger partial charge in [-0.1, -0.05) is 6.07 Å². The topological polar surface area (TPSA) is 71.9 Å². The van der Waals surface area contributed by atoms with E-state index in [4.69, 9.17) is 9.47 Å². The van der Waals surface area contributed by atoms with Crippen LogP contribution in [0, 0.1) is 20.8 Å². The number of aliphatic hydroxyl groups is 1. The van der Waals surface area contributed by atoms with Gasteiger partial charge in [-0.25, -0.2) is 0 Å². The summed E-state index contributed by atoms with van der Waals surface area (Å²) in [6.45, 7) is 7.01. The molecule has 6 nitrogen and oxygen atoms in total. The fraction of sp³-hybridized carbons (Fsp3) is 0.455. The molecule has 1 fully saturated rings. The van der Waals surface area contributed by atoms with Crippen LogP contribution in [-0.4, -0.2) is 53.0 Å². The van der Waals surface area contributed by atoms with E-state index < -0.39 is 6.10 Å². The molecule has 28 heavy (non-hydrogen) atoms. The number of aryl methyl sites for hydroxylation is 1. The van der Waals surface area contributed by atoms with Gasteiger partial charge >= 0.3 is 0 Å². The minimum atomic E-state index is -0.590. The highest BCUT2D eigenvalue weighted by molar-refractivity contribution is 5.99. The first-order valence-electron chi connectivity index (χ1n) is 9.70. The summed E-state index contributed by atoms with van der Waals surface area (Å²) in [6, 6.07) is 5.62. The molecule has 1 aromatic carbocycles. The molecular formula is C22H26N2O4. The molecule has 0 bridgehead atoms. The number of benzene rings is 1. The Labute approximate surface area is 165 Å². The molecule has 2 aliphatic heterocycles. The predicted octanol–water partition coefficient (Wildman–Crippen LogP) is 2.54. The molecule has 1 amide bonds. The lowest BCUT2D eigenvalue weighted by Crippen LogP contribution is -2.55. The Morgan fingerprint density at radius 3 is 2.79 bits per heavy atom. The fourth-order valence-corrected chi connectivity index (χ4v) is 3.92. The second-order valence-corrected chi connectivity index (χ2v) is 7.69. The van der Waals surface area contributed by atoms with Gasteiger partial charge in [0, 0.05) is 18.5 Å². The molecule has 2 aliphatic rings. The average Bonchev–Trinajstić information content (AvgIpc) is 2.69. The first kappa shape index (κ1) is 18.9. The number of aliphatic hydroxyl groups excluding tert-OH is 1. The van der Waals surface area contributed by atoms with E-state index in [-0.39, 0.29) is 18.7 Å². The van der Waals surface area contributed by atoms with Crippen molar-refractivity contribution in [3.05, 3.63) is 57.9 Å². The number of fused-ring (bicyclic) bond motifs is 1. The number of amides is 1. The van der Waals surface area contributed by atoms with Crippen LogP contribution in [0.3, 0.4) is 0 Å². The van der Waals surface area contributed by atoms with Gasteiger partial charge in [-0.05, 0) is 68.0 Å². The number of hydrogen-bond acceptors (Lipinski definition) is 5. The summed E-state index contributed by atoms with van der Waals surface area (Å²) >= 11 is 0. The Kier molecular flexibility index (Phi) is 5.08. The van der Waals surface area contributed by atoms with Crippen LogP contribution in [0.1, 0.15) is 44.7 Å². The maximum Gasteiger partial charge on any atom is 0.260 e. The standard InChI is InChI=1S/C22H26N2O4/c1-13-4-5-16(10-23-13)8-17-9-18-21(15(3)14(17)2)28-12-24(22(18)26)19-11-27-7-6-20(19)25/h4-5,9-10,19-20,25H,6-8,11-12H2,1-3H3/t19-,20-/m0/s1. The van der Waals surface area contributed by atoms with E-state index in [2.05, 4.69) is 18.0 Å². The molecule has 0 unspecified atom stereocenters. The van der Waals surface area contributed by atoms with Crippen LogP contribution in [0.5, 0.6) is 5.75 Å². The molecule has 2 atom stereocenters. The van der Waals surface area contributed by atoms with Gasteiger partial charge in [-0.3, -0.25) is 14.7 Å². The van der Waals surface area contributed by atoms with E-state index in [1.165, 1.54) is 0 Å². The maximum atomic E-state index is 13.2. The summed E-state index contributed by atoms with van der Waals surface area (Å²) in [5, 5.41) is 10.3. The van der Waals surface area contributed by atoms with E-state index in [0.717, 1.165) is 27.9 Å². The van der Waals surface area contributed by atoms with E-state index in [0.29, 0.717) is 37.4 Å².